The van der Waals surface area contributed by atoms with Gasteiger partial charge in [0.1, 0.15) is 5.75 Å². The maximum Gasteiger partial charge on any atom is 0.127 e. The first kappa shape index (κ1) is 13.8. The summed E-state index contributed by atoms with van der Waals surface area (Å²) in [6.07, 6.45) is 2.04. The minimum atomic E-state index is 0.261. The molecule has 100 valence electrons. The lowest BCUT2D eigenvalue weighted by Crippen LogP contribution is -2.25. The molecule has 1 aliphatic heterocycles. The molecule has 0 amide bonds. The van der Waals surface area contributed by atoms with E-state index in [9.17, 15) is 0 Å². The predicted octanol–water partition coefficient (Wildman–Crippen LogP) is 2.55. The minimum Gasteiger partial charge on any atom is -0.493 e. The summed E-state index contributed by atoms with van der Waals surface area (Å²) in [5, 5.41) is 0. The van der Waals surface area contributed by atoms with E-state index < -0.39 is 0 Å². The Morgan fingerprint density at radius 1 is 1.50 bits per heavy atom. The molecule has 18 heavy (non-hydrogen) atoms. The lowest BCUT2D eigenvalue weighted by Gasteiger charge is -2.19. The Balaban J connectivity index is 2.05. The summed E-state index contributed by atoms with van der Waals surface area (Å²) >= 11 is 3.57. The summed E-state index contributed by atoms with van der Waals surface area (Å²) < 4.78 is 6.88. The molecular formula is C14H21BrN2O. The second-order valence-electron chi connectivity index (χ2n) is 5.16. The summed E-state index contributed by atoms with van der Waals surface area (Å²) in [5.74, 6) is 1.09. The predicted molar refractivity (Wildman–Crippen MR) is 77.9 cm³/mol. The number of nitrogens with two attached hydrogens (primary N) is 1. The quantitative estimate of drug-likeness (QED) is 0.908. The van der Waals surface area contributed by atoms with Gasteiger partial charge in [-0.2, -0.15) is 0 Å². The van der Waals surface area contributed by atoms with Gasteiger partial charge in [-0.25, -0.2) is 0 Å². The van der Waals surface area contributed by atoms with Crippen LogP contribution < -0.4 is 10.5 Å². The Hall–Kier alpha value is -0.580. The van der Waals surface area contributed by atoms with Crippen molar-refractivity contribution in [1.82, 2.24) is 4.90 Å². The fourth-order valence-electron chi connectivity index (χ4n) is 2.26. The number of hydrogen-bond donors (Lipinski definition) is 1. The van der Waals surface area contributed by atoms with Crippen molar-refractivity contribution in [1.29, 1.82) is 0 Å². The third-order valence-electron chi connectivity index (χ3n) is 3.23. The SMILES string of the molecule is CC(N)CCN(C)Cc1cc(Br)cc2c1OCC2. The molecule has 1 unspecified atom stereocenters. The summed E-state index contributed by atoms with van der Waals surface area (Å²) in [6.45, 7) is 4.78. The molecule has 0 radical (unpaired) electrons. The van der Waals surface area contributed by atoms with E-state index in [1.165, 1.54) is 11.1 Å². The highest BCUT2D eigenvalue weighted by atomic mass is 79.9. The smallest absolute Gasteiger partial charge is 0.127 e. The largest absolute Gasteiger partial charge is 0.493 e. The Bertz CT molecular complexity index is 421. The molecule has 2 N–H and O–H groups in total. The zero-order chi connectivity index (χ0) is 13.1. The molecule has 0 bridgehead atoms. The lowest BCUT2D eigenvalue weighted by atomic mass is 10.1. The highest BCUT2D eigenvalue weighted by Crippen LogP contribution is 2.33. The number of fused-ring (bicyclic) bond motifs is 1. The molecular weight excluding hydrogens is 292 g/mol. The van der Waals surface area contributed by atoms with E-state index in [2.05, 4.69) is 40.0 Å². The molecule has 1 heterocycles. The summed E-state index contributed by atoms with van der Waals surface area (Å²) in [5.41, 5.74) is 8.38. The van der Waals surface area contributed by atoms with Crippen molar-refractivity contribution in [3.63, 3.8) is 0 Å². The Morgan fingerprint density at radius 3 is 3.00 bits per heavy atom. The van der Waals surface area contributed by atoms with Crippen LogP contribution in [0.15, 0.2) is 16.6 Å². The van der Waals surface area contributed by atoms with Crippen molar-refractivity contribution >= 4 is 15.9 Å². The van der Waals surface area contributed by atoms with Gasteiger partial charge < -0.3 is 15.4 Å². The van der Waals surface area contributed by atoms with E-state index in [1.54, 1.807) is 0 Å². The summed E-state index contributed by atoms with van der Waals surface area (Å²) in [6, 6.07) is 4.58. The number of rotatable bonds is 5. The monoisotopic (exact) mass is 312 g/mol. The van der Waals surface area contributed by atoms with Crippen molar-refractivity contribution in [2.75, 3.05) is 20.2 Å². The van der Waals surface area contributed by atoms with Crippen LogP contribution in [-0.2, 0) is 13.0 Å². The average molecular weight is 313 g/mol. The van der Waals surface area contributed by atoms with Crippen molar-refractivity contribution in [2.45, 2.75) is 32.4 Å². The highest BCUT2D eigenvalue weighted by molar-refractivity contribution is 9.10. The van der Waals surface area contributed by atoms with Gasteiger partial charge in [-0.05, 0) is 44.6 Å². The van der Waals surface area contributed by atoms with Gasteiger partial charge in [0.15, 0.2) is 0 Å². The minimum absolute atomic E-state index is 0.261. The normalized spacial score (nSPS) is 15.6. The number of hydrogen-bond acceptors (Lipinski definition) is 3. The molecule has 1 aromatic rings. The van der Waals surface area contributed by atoms with E-state index in [1.807, 2.05) is 6.92 Å². The van der Waals surface area contributed by atoms with E-state index in [4.69, 9.17) is 10.5 Å². The van der Waals surface area contributed by atoms with E-state index in [0.717, 1.165) is 42.8 Å². The van der Waals surface area contributed by atoms with Gasteiger partial charge in [0, 0.05) is 29.0 Å². The molecule has 0 aromatic heterocycles. The third-order valence-corrected chi connectivity index (χ3v) is 3.69. The van der Waals surface area contributed by atoms with Gasteiger partial charge >= 0.3 is 0 Å². The van der Waals surface area contributed by atoms with Crippen molar-refractivity contribution < 1.29 is 4.74 Å². The molecule has 0 spiro atoms. The maximum atomic E-state index is 5.79. The summed E-state index contributed by atoms with van der Waals surface area (Å²) in [4.78, 5) is 2.30. The van der Waals surface area contributed by atoms with Crippen molar-refractivity contribution in [2.24, 2.45) is 5.73 Å². The Morgan fingerprint density at radius 2 is 2.28 bits per heavy atom. The first-order valence-electron chi connectivity index (χ1n) is 6.44. The van der Waals surface area contributed by atoms with E-state index in [-0.39, 0.29) is 6.04 Å². The lowest BCUT2D eigenvalue weighted by molar-refractivity contribution is 0.301. The summed E-state index contributed by atoms with van der Waals surface area (Å²) in [7, 11) is 2.13. The van der Waals surface area contributed by atoms with Crippen LogP contribution >= 0.6 is 15.9 Å². The van der Waals surface area contributed by atoms with Crippen LogP contribution in [-0.4, -0.2) is 31.1 Å². The van der Waals surface area contributed by atoms with Gasteiger partial charge in [-0.3, -0.25) is 0 Å². The molecule has 3 nitrogen and oxygen atoms in total. The van der Waals surface area contributed by atoms with Crippen LogP contribution in [0.4, 0.5) is 0 Å². The first-order chi connectivity index (χ1) is 8.56. The van der Waals surface area contributed by atoms with Crippen LogP contribution in [0, 0.1) is 0 Å². The molecule has 1 aromatic carbocycles. The van der Waals surface area contributed by atoms with Crippen LogP contribution in [0.5, 0.6) is 5.75 Å². The first-order valence-corrected chi connectivity index (χ1v) is 7.24. The van der Waals surface area contributed by atoms with Gasteiger partial charge in [-0.15, -0.1) is 0 Å². The van der Waals surface area contributed by atoms with Gasteiger partial charge in [-0.1, -0.05) is 15.9 Å². The van der Waals surface area contributed by atoms with Crippen LogP contribution in [0.1, 0.15) is 24.5 Å². The highest BCUT2D eigenvalue weighted by Gasteiger charge is 2.18. The number of ether oxygens (including phenoxy) is 1. The maximum absolute atomic E-state index is 5.79. The Kier molecular flexibility index (Phi) is 4.65. The number of halogens is 1. The Labute approximate surface area is 117 Å². The van der Waals surface area contributed by atoms with E-state index >= 15 is 0 Å². The molecule has 1 atom stereocenters. The van der Waals surface area contributed by atoms with Gasteiger partial charge in [0.25, 0.3) is 0 Å². The van der Waals surface area contributed by atoms with Crippen LogP contribution in [0.2, 0.25) is 0 Å². The molecule has 0 fully saturated rings. The number of nitrogens with zero attached hydrogens (tertiary/aromatic N) is 1. The van der Waals surface area contributed by atoms with Gasteiger partial charge in [0.2, 0.25) is 0 Å². The van der Waals surface area contributed by atoms with E-state index in [0.29, 0.717) is 0 Å². The zero-order valence-corrected chi connectivity index (χ0v) is 12.7. The van der Waals surface area contributed by atoms with Gasteiger partial charge in [0.05, 0.1) is 6.61 Å². The molecule has 0 aliphatic carbocycles. The second kappa shape index (κ2) is 6.04. The fourth-order valence-corrected chi connectivity index (χ4v) is 2.81. The number of benzene rings is 1. The zero-order valence-electron chi connectivity index (χ0n) is 11.1. The molecule has 1 aliphatic rings. The van der Waals surface area contributed by atoms with Crippen molar-refractivity contribution in [3.05, 3.63) is 27.7 Å². The second-order valence-corrected chi connectivity index (χ2v) is 6.07. The standard InChI is InChI=1S/C14H21BrN2O/c1-10(16)3-5-17(2)9-12-8-13(15)7-11-4-6-18-14(11)12/h7-8,10H,3-6,9,16H2,1-2H3. The average Bonchev–Trinajstić information content (AvgIpc) is 2.74. The topological polar surface area (TPSA) is 38.5 Å². The molecule has 4 heteroatoms. The van der Waals surface area contributed by atoms with Crippen LogP contribution in [0.3, 0.4) is 0 Å². The third kappa shape index (κ3) is 3.46. The molecule has 0 saturated heterocycles. The van der Waals surface area contributed by atoms with Crippen LogP contribution in [0.25, 0.3) is 0 Å². The van der Waals surface area contributed by atoms with Crippen molar-refractivity contribution in [3.8, 4) is 5.75 Å². The molecule has 0 saturated carbocycles. The fraction of sp³-hybridized carbons (Fsp3) is 0.571. The molecule has 2 rings (SSSR count).